The molecule has 19 heavy (non-hydrogen) atoms. The van der Waals surface area contributed by atoms with Crippen LogP contribution in [0.3, 0.4) is 0 Å². The third-order valence-corrected chi connectivity index (χ3v) is 3.53. The average Bonchev–Trinajstić information content (AvgIpc) is 2.71. The maximum Gasteiger partial charge on any atom is 0.264 e. The van der Waals surface area contributed by atoms with Crippen LogP contribution in [0.5, 0.6) is 0 Å². The van der Waals surface area contributed by atoms with Crippen LogP contribution in [0.1, 0.15) is 18.4 Å². The molecule has 1 N–H and O–H groups in total. The van der Waals surface area contributed by atoms with Gasteiger partial charge in [0.15, 0.2) is 0 Å². The van der Waals surface area contributed by atoms with Gasteiger partial charge in [0.2, 0.25) is 5.91 Å². The first-order chi connectivity index (χ1) is 8.96. The zero-order valence-electron chi connectivity index (χ0n) is 10.2. The van der Waals surface area contributed by atoms with Gasteiger partial charge >= 0.3 is 0 Å². The molecule has 1 aromatic carbocycles. The molecule has 1 amide bonds. The molecule has 0 bridgehead atoms. The molecule has 0 atom stereocenters. The van der Waals surface area contributed by atoms with E-state index in [4.69, 9.17) is 4.55 Å². The van der Waals surface area contributed by atoms with Gasteiger partial charge < -0.3 is 0 Å². The lowest BCUT2D eigenvalue weighted by Crippen LogP contribution is -2.23. The third kappa shape index (κ3) is 3.87. The number of amides is 1. The lowest BCUT2D eigenvalue weighted by molar-refractivity contribution is -0.128. The Morgan fingerprint density at radius 3 is 2.58 bits per heavy atom. The molecule has 0 saturated heterocycles. The van der Waals surface area contributed by atoms with E-state index in [9.17, 15) is 13.2 Å². The van der Waals surface area contributed by atoms with Gasteiger partial charge in [-0.2, -0.15) is 13.5 Å². The fourth-order valence-electron chi connectivity index (χ4n) is 1.83. The van der Waals surface area contributed by atoms with E-state index in [1.807, 2.05) is 30.3 Å². The number of carbonyl (C=O) groups excluding carboxylic acids is 1. The van der Waals surface area contributed by atoms with Crippen LogP contribution in [0.25, 0.3) is 0 Å². The Hall–Kier alpha value is -1.73. The van der Waals surface area contributed by atoms with Crippen LogP contribution in [0.2, 0.25) is 0 Å². The highest BCUT2D eigenvalue weighted by atomic mass is 32.2. The first kappa shape index (κ1) is 13.7. The zero-order chi connectivity index (χ0) is 13.9. The van der Waals surface area contributed by atoms with E-state index in [-0.39, 0.29) is 31.0 Å². The van der Waals surface area contributed by atoms with Gasteiger partial charge in [-0.15, -0.1) is 0 Å². The Bertz CT molecular complexity index is 595. The third-order valence-electron chi connectivity index (χ3n) is 2.73. The molecule has 0 radical (unpaired) electrons. The van der Waals surface area contributed by atoms with Crippen LogP contribution in [0.15, 0.2) is 35.4 Å². The molecule has 1 heterocycles. The van der Waals surface area contributed by atoms with Crippen molar-refractivity contribution in [1.82, 2.24) is 5.01 Å². The molecule has 7 heteroatoms. The molecule has 1 aliphatic heterocycles. The molecule has 1 aromatic rings. The number of hydrogen-bond donors (Lipinski definition) is 1. The Labute approximate surface area is 111 Å². The molecule has 0 unspecified atom stereocenters. The Kier molecular flexibility index (Phi) is 3.96. The van der Waals surface area contributed by atoms with E-state index in [1.165, 1.54) is 5.01 Å². The smallest absolute Gasteiger partial charge is 0.264 e. The van der Waals surface area contributed by atoms with Gasteiger partial charge in [-0.1, -0.05) is 30.3 Å². The summed E-state index contributed by atoms with van der Waals surface area (Å²) in [6, 6.07) is 9.35. The van der Waals surface area contributed by atoms with Crippen molar-refractivity contribution in [2.75, 3.05) is 12.3 Å². The van der Waals surface area contributed by atoms with Crippen LogP contribution >= 0.6 is 0 Å². The van der Waals surface area contributed by atoms with Gasteiger partial charge in [0, 0.05) is 6.54 Å². The largest absolute Gasteiger partial charge is 0.286 e. The summed E-state index contributed by atoms with van der Waals surface area (Å²) < 4.78 is 29.8. The lowest BCUT2D eigenvalue weighted by Gasteiger charge is -2.10. The fraction of sp³-hybridized carbons (Fsp3) is 0.333. The van der Waals surface area contributed by atoms with Crippen molar-refractivity contribution in [3.05, 3.63) is 35.9 Å². The number of benzene rings is 1. The SMILES string of the molecule is O=C1CC(c2ccccc2)=NN1CCCS(=O)(=O)O. The van der Waals surface area contributed by atoms with Crippen LogP contribution in [0.4, 0.5) is 0 Å². The van der Waals surface area contributed by atoms with Crippen molar-refractivity contribution in [3.63, 3.8) is 0 Å². The second-order valence-corrected chi connectivity index (χ2v) is 5.82. The van der Waals surface area contributed by atoms with Crippen molar-refractivity contribution in [2.24, 2.45) is 5.10 Å². The van der Waals surface area contributed by atoms with Crippen molar-refractivity contribution in [1.29, 1.82) is 0 Å². The van der Waals surface area contributed by atoms with Gasteiger partial charge in [-0.25, -0.2) is 5.01 Å². The summed E-state index contributed by atoms with van der Waals surface area (Å²) in [6.45, 7) is 0.189. The summed E-state index contributed by atoms with van der Waals surface area (Å²) in [5.74, 6) is -0.526. The van der Waals surface area contributed by atoms with Crippen molar-refractivity contribution in [2.45, 2.75) is 12.8 Å². The van der Waals surface area contributed by atoms with E-state index in [2.05, 4.69) is 5.10 Å². The fourth-order valence-corrected chi connectivity index (χ4v) is 2.33. The van der Waals surface area contributed by atoms with Crippen LogP contribution < -0.4 is 0 Å². The number of hydrogen-bond acceptors (Lipinski definition) is 4. The summed E-state index contributed by atoms with van der Waals surface area (Å²) in [6.07, 6.45) is 0.381. The van der Waals surface area contributed by atoms with E-state index in [0.29, 0.717) is 5.71 Å². The molecule has 1 aliphatic rings. The monoisotopic (exact) mass is 282 g/mol. The molecule has 2 rings (SSSR count). The van der Waals surface area contributed by atoms with E-state index in [0.717, 1.165) is 5.56 Å². The van der Waals surface area contributed by atoms with Crippen LogP contribution in [-0.4, -0.2) is 41.9 Å². The van der Waals surface area contributed by atoms with Gasteiger partial charge in [-0.05, 0) is 12.0 Å². The van der Waals surface area contributed by atoms with Crippen LogP contribution in [-0.2, 0) is 14.9 Å². The van der Waals surface area contributed by atoms with Crippen molar-refractivity contribution in [3.8, 4) is 0 Å². The van der Waals surface area contributed by atoms with E-state index in [1.54, 1.807) is 0 Å². The predicted molar refractivity (Wildman–Crippen MR) is 70.3 cm³/mol. The standard InChI is InChI=1S/C12H14N2O4S/c15-12-9-11(10-5-2-1-3-6-10)13-14(12)7-4-8-19(16,17)18/h1-3,5-6H,4,7-9H2,(H,16,17,18). The minimum absolute atomic E-state index is 0.158. The van der Waals surface area contributed by atoms with Gasteiger partial charge in [-0.3, -0.25) is 9.35 Å². The summed E-state index contributed by atoms with van der Waals surface area (Å²) >= 11 is 0. The number of carbonyl (C=O) groups is 1. The summed E-state index contributed by atoms with van der Waals surface area (Å²) in [4.78, 5) is 11.7. The second kappa shape index (κ2) is 5.50. The molecule has 0 saturated carbocycles. The van der Waals surface area contributed by atoms with Gasteiger partial charge in [0.25, 0.3) is 10.1 Å². The highest BCUT2D eigenvalue weighted by Crippen LogP contribution is 2.15. The maximum atomic E-state index is 11.7. The van der Waals surface area contributed by atoms with E-state index >= 15 is 0 Å². The first-order valence-corrected chi connectivity index (χ1v) is 7.45. The Morgan fingerprint density at radius 1 is 1.26 bits per heavy atom. The molecule has 102 valence electrons. The number of rotatable bonds is 5. The number of hydrazone groups is 1. The molecular weight excluding hydrogens is 268 g/mol. The molecule has 0 spiro atoms. The predicted octanol–water partition coefficient (Wildman–Crippen LogP) is 0.901. The summed E-state index contributed by atoms with van der Waals surface area (Å²) in [5, 5.41) is 5.44. The average molecular weight is 282 g/mol. The van der Waals surface area contributed by atoms with E-state index < -0.39 is 10.1 Å². The maximum absolute atomic E-state index is 11.7. The quantitative estimate of drug-likeness (QED) is 0.813. The van der Waals surface area contributed by atoms with Gasteiger partial charge in [0.05, 0.1) is 17.9 Å². The molecule has 0 aliphatic carbocycles. The Balaban J connectivity index is 1.99. The molecule has 6 nitrogen and oxygen atoms in total. The minimum Gasteiger partial charge on any atom is -0.286 e. The molecular formula is C12H14N2O4S. The summed E-state index contributed by atoms with van der Waals surface area (Å²) in [5.41, 5.74) is 1.56. The van der Waals surface area contributed by atoms with Crippen LogP contribution in [0, 0.1) is 0 Å². The lowest BCUT2D eigenvalue weighted by atomic mass is 10.1. The van der Waals surface area contributed by atoms with Crippen molar-refractivity contribution >= 4 is 21.7 Å². The topological polar surface area (TPSA) is 87.0 Å². The highest BCUT2D eigenvalue weighted by Gasteiger charge is 2.24. The van der Waals surface area contributed by atoms with Crippen molar-refractivity contribution < 1.29 is 17.8 Å². The van der Waals surface area contributed by atoms with Gasteiger partial charge in [0.1, 0.15) is 0 Å². The normalized spacial score (nSPS) is 15.7. The second-order valence-electron chi connectivity index (χ2n) is 4.25. The first-order valence-electron chi connectivity index (χ1n) is 5.84. The zero-order valence-corrected chi connectivity index (χ0v) is 11.0. The Morgan fingerprint density at radius 2 is 1.95 bits per heavy atom. The highest BCUT2D eigenvalue weighted by molar-refractivity contribution is 7.85. The summed E-state index contributed by atoms with van der Waals surface area (Å²) in [7, 11) is -3.99. The molecule has 0 aromatic heterocycles. The minimum atomic E-state index is -3.99. The molecule has 0 fully saturated rings. The number of nitrogens with zero attached hydrogens (tertiary/aromatic N) is 2.